The Labute approximate surface area is 156 Å². The average Bonchev–Trinajstić information content (AvgIpc) is 3.05. The molecule has 7 nitrogen and oxygen atoms in total. The Morgan fingerprint density at radius 3 is 2.85 bits per heavy atom. The van der Waals surface area contributed by atoms with Crippen LogP contribution >= 0.6 is 11.8 Å². The van der Waals surface area contributed by atoms with Crippen LogP contribution in [0.3, 0.4) is 0 Å². The Bertz CT molecular complexity index is 791. The number of esters is 1. The van der Waals surface area contributed by atoms with E-state index in [9.17, 15) is 9.59 Å². The van der Waals surface area contributed by atoms with Gasteiger partial charge in [-0.2, -0.15) is 5.10 Å². The molecule has 26 heavy (non-hydrogen) atoms. The van der Waals surface area contributed by atoms with Gasteiger partial charge in [0.1, 0.15) is 0 Å². The van der Waals surface area contributed by atoms with E-state index in [1.54, 1.807) is 18.0 Å². The van der Waals surface area contributed by atoms with Gasteiger partial charge < -0.3 is 9.64 Å². The number of carbonyl (C=O) groups excluding carboxylic acids is 2. The molecule has 0 fully saturated rings. The summed E-state index contributed by atoms with van der Waals surface area (Å²) >= 11 is 1.42. The summed E-state index contributed by atoms with van der Waals surface area (Å²) in [6.07, 6.45) is 2.40. The van der Waals surface area contributed by atoms with E-state index in [0.29, 0.717) is 44.1 Å². The van der Waals surface area contributed by atoms with Gasteiger partial charge >= 0.3 is 5.97 Å². The third-order valence-electron chi connectivity index (χ3n) is 4.24. The zero-order valence-corrected chi connectivity index (χ0v) is 15.8. The fraction of sp³-hybridized carbons (Fsp3) is 0.444. The van der Waals surface area contributed by atoms with E-state index in [1.807, 2.05) is 29.8 Å². The first-order valence-corrected chi connectivity index (χ1v) is 9.69. The molecule has 0 saturated heterocycles. The molecule has 8 heteroatoms. The van der Waals surface area contributed by atoms with Gasteiger partial charge in [-0.05, 0) is 26.0 Å². The van der Waals surface area contributed by atoms with E-state index in [0.717, 1.165) is 16.3 Å². The van der Waals surface area contributed by atoms with Gasteiger partial charge in [-0.25, -0.2) is 9.78 Å². The van der Waals surface area contributed by atoms with Crippen LogP contribution in [0.1, 0.15) is 35.6 Å². The summed E-state index contributed by atoms with van der Waals surface area (Å²) in [5.74, 6) is -0.0679. The maximum Gasteiger partial charge on any atom is 0.359 e. The van der Waals surface area contributed by atoms with Crippen LogP contribution in [0.15, 0.2) is 29.4 Å². The standard InChI is InChI=1S/C18H22N4O3S/c1-3-22-14-8-10-21(11-13(14)17(20-22)18(24)25-4-2)16(23)12-26-15-7-5-6-9-19-15/h5-7,9H,3-4,8,10-12H2,1-2H3. The van der Waals surface area contributed by atoms with Crippen LogP contribution in [0.4, 0.5) is 0 Å². The Morgan fingerprint density at radius 1 is 1.31 bits per heavy atom. The van der Waals surface area contributed by atoms with Crippen LogP contribution in [-0.2, 0) is 29.0 Å². The van der Waals surface area contributed by atoms with Crippen LogP contribution in [0, 0.1) is 0 Å². The minimum Gasteiger partial charge on any atom is -0.461 e. The Kier molecular flexibility index (Phi) is 5.92. The second kappa shape index (κ2) is 8.35. The minimum atomic E-state index is -0.423. The molecule has 1 amide bonds. The van der Waals surface area contributed by atoms with E-state index < -0.39 is 5.97 Å². The summed E-state index contributed by atoms with van der Waals surface area (Å²) in [5.41, 5.74) is 2.17. The molecule has 3 rings (SSSR count). The van der Waals surface area contributed by atoms with Crippen molar-refractivity contribution < 1.29 is 14.3 Å². The fourth-order valence-electron chi connectivity index (χ4n) is 2.99. The number of fused-ring (bicyclic) bond motifs is 1. The number of aryl methyl sites for hydroxylation is 1. The van der Waals surface area contributed by atoms with Gasteiger partial charge in [0.2, 0.25) is 5.91 Å². The van der Waals surface area contributed by atoms with Gasteiger partial charge in [0.15, 0.2) is 5.69 Å². The molecule has 1 aliphatic rings. The van der Waals surface area contributed by atoms with E-state index in [4.69, 9.17) is 4.74 Å². The van der Waals surface area contributed by atoms with E-state index in [-0.39, 0.29) is 5.91 Å². The number of hydrogen-bond acceptors (Lipinski definition) is 6. The lowest BCUT2D eigenvalue weighted by Crippen LogP contribution is -2.37. The van der Waals surface area contributed by atoms with Crippen molar-refractivity contribution in [2.75, 3.05) is 18.9 Å². The van der Waals surface area contributed by atoms with Crippen LogP contribution in [0.2, 0.25) is 0 Å². The molecule has 0 aliphatic carbocycles. The van der Waals surface area contributed by atoms with E-state index in [2.05, 4.69) is 10.1 Å². The molecule has 0 N–H and O–H groups in total. The van der Waals surface area contributed by atoms with Crippen molar-refractivity contribution in [1.29, 1.82) is 0 Å². The molecule has 0 spiro atoms. The lowest BCUT2D eigenvalue weighted by atomic mass is 10.0. The van der Waals surface area contributed by atoms with Gasteiger partial charge in [0, 0.05) is 43.5 Å². The Morgan fingerprint density at radius 2 is 2.15 bits per heavy atom. The molecule has 0 saturated carbocycles. The van der Waals surface area contributed by atoms with Crippen molar-refractivity contribution in [3.05, 3.63) is 41.3 Å². The molecule has 1 aliphatic heterocycles. The largest absolute Gasteiger partial charge is 0.461 e. The molecule has 0 bridgehead atoms. The molecule has 0 aromatic carbocycles. The summed E-state index contributed by atoms with van der Waals surface area (Å²) in [4.78, 5) is 30.8. The second-order valence-corrected chi connectivity index (χ2v) is 6.83. The zero-order valence-electron chi connectivity index (χ0n) is 15.0. The number of ether oxygens (including phenoxy) is 1. The Balaban J connectivity index is 1.72. The molecule has 0 radical (unpaired) electrons. The maximum absolute atomic E-state index is 12.6. The van der Waals surface area contributed by atoms with Gasteiger partial charge in [-0.15, -0.1) is 0 Å². The van der Waals surface area contributed by atoms with Crippen molar-refractivity contribution in [1.82, 2.24) is 19.7 Å². The molecule has 138 valence electrons. The van der Waals surface area contributed by atoms with E-state index >= 15 is 0 Å². The highest BCUT2D eigenvalue weighted by atomic mass is 32.2. The summed E-state index contributed by atoms with van der Waals surface area (Å²) < 4.78 is 6.96. The predicted octanol–water partition coefficient (Wildman–Crippen LogP) is 2.15. The third kappa shape index (κ3) is 3.90. The maximum atomic E-state index is 12.6. The highest BCUT2D eigenvalue weighted by Gasteiger charge is 2.30. The van der Waals surface area contributed by atoms with Gasteiger partial charge in [-0.3, -0.25) is 9.48 Å². The number of hydrogen-bond donors (Lipinski definition) is 0. The summed E-state index contributed by atoms with van der Waals surface area (Å²) in [6.45, 7) is 5.77. The normalized spacial score (nSPS) is 13.4. The molecular weight excluding hydrogens is 352 g/mol. The SMILES string of the molecule is CCOC(=O)c1nn(CC)c2c1CN(C(=O)CSc1ccccn1)CC2. The molecule has 3 heterocycles. The zero-order chi connectivity index (χ0) is 18.5. The van der Waals surface area contributed by atoms with Crippen molar-refractivity contribution in [3.63, 3.8) is 0 Å². The van der Waals surface area contributed by atoms with Crippen LogP contribution in [-0.4, -0.2) is 50.4 Å². The molecule has 0 unspecified atom stereocenters. The van der Waals surface area contributed by atoms with E-state index in [1.165, 1.54) is 11.8 Å². The molecular formula is C18H22N4O3S. The minimum absolute atomic E-state index is 0.0327. The van der Waals surface area contributed by atoms with Gasteiger partial charge in [-0.1, -0.05) is 17.8 Å². The predicted molar refractivity (Wildman–Crippen MR) is 97.9 cm³/mol. The number of amides is 1. The van der Waals surface area contributed by atoms with Crippen molar-refractivity contribution in [2.45, 2.75) is 38.4 Å². The monoisotopic (exact) mass is 374 g/mol. The molecule has 2 aromatic rings. The lowest BCUT2D eigenvalue weighted by Gasteiger charge is -2.27. The highest BCUT2D eigenvalue weighted by molar-refractivity contribution is 7.99. The summed E-state index contributed by atoms with van der Waals surface area (Å²) in [6, 6.07) is 5.63. The number of thioether (sulfide) groups is 1. The average molecular weight is 374 g/mol. The third-order valence-corrected chi connectivity index (χ3v) is 5.16. The number of carbonyl (C=O) groups is 2. The quantitative estimate of drug-likeness (QED) is 0.570. The van der Waals surface area contributed by atoms with Crippen molar-refractivity contribution in [3.8, 4) is 0 Å². The fourth-order valence-corrected chi connectivity index (χ4v) is 3.75. The number of pyridine rings is 1. The van der Waals surface area contributed by atoms with Gasteiger partial charge in [0.05, 0.1) is 17.4 Å². The first-order chi connectivity index (χ1) is 12.6. The molecule has 0 atom stereocenters. The van der Waals surface area contributed by atoms with Crippen LogP contribution < -0.4 is 0 Å². The Hall–Kier alpha value is -2.35. The first-order valence-electron chi connectivity index (χ1n) is 8.71. The summed E-state index contributed by atoms with van der Waals surface area (Å²) in [7, 11) is 0. The first kappa shape index (κ1) is 18.4. The summed E-state index contributed by atoms with van der Waals surface area (Å²) in [5, 5.41) is 5.23. The van der Waals surface area contributed by atoms with Gasteiger partial charge in [0.25, 0.3) is 0 Å². The van der Waals surface area contributed by atoms with Crippen LogP contribution in [0.25, 0.3) is 0 Å². The van der Waals surface area contributed by atoms with Crippen molar-refractivity contribution >= 4 is 23.6 Å². The highest BCUT2D eigenvalue weighted by Crippen LogP contribution is 2.25. The smallest absolute Gasteiger partial charge is 0.359 e. The lowest BCUT2D eigenvalue weighted by molar-refractivity contribution is -0.129. The van der Waals surface area contributed by atoms with Crippen LogP contribution in [0.5, 0.6) is 0 Å². The van der Waals surface area contributed by atoms with Crippen molar-refractivity contribution in [2.24, 2.45) is 0 Å². The molecule has 2 aromatic heterocycles. The number of nitrogens with zero attached hydrogens (tertiary/aromatic N) is 4. The number of aromatic nitrogens is 3. The second-order valence-electron chi connectivity index (χ2n) is 5.83. The number of rotatable bonds is 6. The topological polar surface area (TPSA) is 77.3 Å².